The van der Waals surface area contributed by atoms with Gasteiger partial charge in [-0.15, -0.1) is 0 Å². The molecule has 4 heteroatoms. The largest absolute Gasteiger partial charge is 0.488 e. The van der Waals surface area contributed by atoms with Crippen molar-refractivity contribution >= 4 is 71.6 Å². The van der Waals surface area contributed by atoms with E-state index in [-0.39, 0.29) is 43.3 Å². The maximum absolute atomic E-state index is 9.36. The number of rotatable bonds is 2. The topological polar surface area (TPSA) is 40.5 Å². The van der Waals surface area contributed by atoms with Crippen LogP contribution in [0.2, 0.25) is 0 Å². The van der Waals surface area contributed by atoms with Crippen LogP contribution in [0, 0.1) is 0 Å². The molecule has 0 aromatic heterocycles. The van der Waals surface area contributed by atoms with E-state index < -0.39 is 7.12 Å². The first-order valence-electron chi connectivity index (χ1n) is 27.8. The van der Waals surface area contributed by atoms with Gasteiger partial charge in [0.1, 0.15) is 0 Å². The number of hydrogen-bond donors (Lipinski definition) is 2. The van der Waals surface area contributed by atoms with Crippen molar-refractivity contribution in [2.45, 2.75) is 209 Å². The summed E-state index contributed by atoms with van der Waals surface area (Å²) in [5, 5.41) is 29.2. The Hall–Kier alpha value is -4.74. The van der Waals surface area contributed by atoms with Crippen LogP contribution in [-0.4, -0.2) is 17.2 Å². The summed E-state index contributed by atoms with van der Waals surface area (Å²) in [5.74, 6) is 0. The molecule has 0 heterocycles. The Morgan fingerprint density at radius 2 is 0.513 bits per heavy atom. The van der Waals surface area contributed by atoms with E-state index in [0.717, 1.165) is 11.1 Å². The molecule has 0 amide bonds. The number of fused-ring (bicyclic) bond motifs is 4. The lowest BCUT2D eigenvalue weighted by atomic mass is 9.72. The fourth-order valence-corrected chi connectivity index (χ4v) is 10.3. The molecule has 0 radical (unpaired) electrons. The maximum Gasteiger partial charge on any atom is 0.488 e. The van der Waals surface area contributed by atoms with Crippen LogP contribution in [0.5, 0.6) is 0 Å². The number of halogens is 1. The van der Waals surface area contributed by atoms with Crippen molar-refractivity contribution < 1.29 is 10.0 Å². The molecule has 404 valence electrons. The van der Waals surface area contributed by atoms with Crippen molar-refractivity contribution in [3.05, 3.63) is 170 Å². The van der Waals surface area contributed by atoms with Gasteiger partial charge >= 0.3 is 7.12 Å². The van der Waals surface area contributed by atoms with Crippen LogP contribution >= 0.6 is 15.9 Å². The van der Waals surface area contributed by atoms with Gasteiger partial charge in [0.15, 0.2) is 0 Å². The molecule has 0 saturated carbocycles. The number of benzene rings is 8. The molecule has 2 N–H and O–H groups in total. The maximum atomic E-state index is 9.36. The van der Waals surface area contributed by atoms with Crippen molar-refractivity contribution in [2.75, 3.05) is 0 Å². The average molecular weight is 1080 g/mol. The smallest absolute Gasteiger partial charge is 0.423 e. The van der Waals surface area contributed by atoms with Gasteiger partial charge in [0.05, 0.1) is 0 Å². The lowest BCUT2D eigenvalue weighted by Gasteiger charge is -2.27. The molecule has 0 unspecified atom stereocenters. The average Bonchev–Trinajstić information content (AvgIpc) is 3.28. The Morgan fingerprint density at radius 3 is 0.763 bits per heavy atom. The van der Waals surface area contributed by atoms with E-state index in [1.165, 1.54) is 92.1 Å². The highest BCUT2D eigenvalue weighted by Gasteiger charge is 2.26. The third kappa shape index (κ3) is 14.1. The summed E-state index contributed by atoms with van der Waals surface area (Å²) >= 11 is 3.88. The Kier molecular flexibility index (Phi) is 16.8. The van der Waals surface area contributed by atoms with Gasteiger partial charge in [0.2, 0.25) is 0 Å². The Bertz CT molecular complexity index is 3200. The van der Waals surface area contributed by atoms with E-state index in [0.29, 0.717) is 5.46 Å². The van der Waals surface area contributed by atoms with E-state index in [1.807, 2.05) is 12.1 Å². The molecule has 0 saturated heterocycles. The molecule has 8 rings (SSSR count). The monoisotopic (exact) mass is 1080 g/mol. The lowest BCUT2D eigenvalue weighted by molar-refractivity contribution is 0.425. The van der Waals surface area contributed by atoms with Crippen molar-refractivity contribution in [1.82, 2.24) is 0 Å². The van der Waals surface area contributed by atoms with Crippen molar-refractivity contribution in [3.63, 3.8) is 0 Å². The Morgan fingerprint density at radius 1 is 0.276 bits per heavy atom. The highest BCUT2D eigenvalue weighted by atomic mass is 79.9. The molecule has 0 aliphatic rings. The molecule has 8 aromatic carbocycles. The van der Waals surface area contributed by atoms with Gasteiger partial charge in [-0.3, -0.25) is 0 Å². The van der Waals surface area contributed by atoms with Crippen LogP contribution in [0.25, 0.3) is 54.2 Å². The first kappa shape index (κ1) is 60.5. The summed E-state index contributed by atoms with van der Waals surface area (Å²) < 4.78 is 1.21. The van der Waals surface area contributed by atoms with Gasteiger partial charge in [-0.2, -0.15) is 0 Å². The molecule has 76 heavy (non-hydrogen) atoms. The molecule has 2 nitrogen and oxygen atoms in total. The molecule has 0 fully saturated rings. The van der Waals surface area contributed by atoms with Crippen LogP contribution in [-0.2, 0) is 43.3 Å². The van der Waals surface area contributed by atoms with Gasteiger partial charge in [0.25, 0.3) is 0 Å². The molecule has 0 spiro atoms. The summed E-state index contributed by atoms with van der Waals surface area (Å²) in [4.78, 5) is 0. The molecular formula is C72H94BBrO2. The van der Waals surface area contributed by atoms with Crippen LogP contribution in [0.4, 0.5) is 0 Å². The van der Waals surface area contributed by atoms with Crippen molar-refractivity contribution in [1.29, 1.82) is 0 Å². The van der Waals surface area contributed by atoms with Crippen LogP contribution in [0.3, 0.4) is 0 Å². The summed E-state index contributed by atoms with van der Waals surface area (Å²) in [6.45, 7) is 54.2. The van der Waals surface area contributed by atoms with E-state index >= 15 is 0 Å². The second-order valence-electron chi connectivity index (χ2n) is 30.2. The summed E-state index contributed by atoms with van der Waals surface area (Å²) in [7, 11) is -1.40. The summed E-state index contributed by atoms with van der Waals surface area (Å²) in [6.07, 6.45) is 0. The van der Waals surface area contributed by atoms with Crippen molar-refractivity contribution in [2.24, 2.45) is 0 Å². The van der Waals surface area contributed by atoms with E-state index in [1.54, 1.807) is 0 Å². The quantitative estimate of drug-likeness (QED) is 0.134. The van der Waals surface area contributed by atoms with E-state index in [9.17, 15) is 10.0 Å². The number of hydrogen-bond acceptors (Lipinski definition) is 2. The zero-order valence-corrected chi connectivity index (χ0v) is 53.0. The molecule has 0 aliphatic heterocycles. The predicted molar refractivity (Wildman–Crippen MR) is 342 cm³/mol. The minimum absolute atomic E-state index is 0.00486. The Balaban J connectivity index is 0.000000201. The Labute approximate surface area is 469 Å². The summed E-state index contributed by atoms with van der Waals surface area (Å²) in [5.41, 5.74) is 14.5. The van der Waals surface area contributed by atoms with E-state index in [2.05, 4.69) is 291 Å². The molecular weight excluding hydrogens is 988 g/mol. The molecule has 8 aromatic rings. The standard InChI is InChI=1S/C36H46.C22H25Br.C14H23BO2/c1-33(2,3)26-15-13-23-17-24-14-16-27(34(4,5)6)22-31(24)32(30(23)21-26)25-18-28(35(7,8)9)20-29(19-25)36(10,11)12;1-21(2,3)16-9-7-14-11-15-8-10-17(22(4,5)6)13-19(15)20(23)18(14)12-16;1-13(2,3)10-7-11(14(4,5)6)9-12(8-10)15(16)17/h13-22H,1-12H3;7-13H,1-6H3;7-9,16-17H,1-6H3. The van der Waals surface area contributed by atoms with Gasteiger partial charge < -0.3 is 10.0 Å². The lowest BCUT2D eigenvalue weighted by Crippen LogP contribution is -2.33. The zero-order chi connectivity index (χ0) is 57.3. The SMILES string of the molecule is CC(C)(C)c1cc(-c2c3cc(C(C)(C)C)ccc3cc3ccc(C(C)(C)C)cc23)cc(C(C)(C)C)c1.CC(C)(C)c1cc(B(O)O)cc(C(C)(C)C)c1.CC(C)(C)c1ccc2cc3ccc(C(C)(C)C)cc3c(Br)c2c1. The second-order valence-corrected chi connectivity index (χ2v) is 31.0. The zero-order valence-electron chi connectivity index (χ0n) is 51.4. The molecule has 0 bridgehead atoms. The van der Waals surface area contributed by atoms with Crippen LogP contribution in [0.1, 0.15) is 211 Å². The van der Waals surface area contributed by atoms with Crippen LogP contribution in [0.15, 0.2) is 126 Å². The fourth-order valence-electron chi connectivity index (χ4n) is 9.65. The van der Waals surface area contributed by atoms with E-state index in [4.69, 9.17) is 0 Å². The third-order valence-corrected chi connectivity index (χ3v) is 16.1. The molecule has 0 aliphatic carbocycles. The van der Waals surface area contributed by atoms with Gasteiger partial charge in [-0.05, 0) is 200 Å². The highest BCUT2D eigenvalue weighted by molar-refractivity contribution is 9.10. The minimum Gasteiger partial charge on any atom is -0.423 e. The fraction of sp³-hybridized carbons (Fsp3) is 0.444. The third-order valence-electron chi connectivity index (χ3n) is 15.3. The highest BCUT2D eigenvalue weighted by Crippen LogP contribution is 2.44. The second kappa shape index (κ2) is 21.1. The van der Waals surface area contributed by atoms with Crippen molar-refractivity contribution in [3.8, 4) is 11.1 Å². The normalized spacial score (nSPS) is 13.2. The van der Waals surface area contributed by atoms with Gasteiger partial charge in [-0.1, -0.05) is 251 Å². The first-order valence-corrected chi connectivity index (χ1v) is 28.6. The van der Waals surface area contributed by atoms with Gasteiger partial charge in [-0.25, -0.2) is 0 Å². The first-order chi connectivity index (χ1) is 34.4. The molecule has 0 atom stereocenters. The van der Waals surface area contributed by atoms with Gasteiger partial charge in [0, 0.05) is 4.47 Å². The predicted octanol–water partition coefficient (Wildman–Crippen LogP) is 20.2. The van der Waals surface area contributed by atoms with Crippen LogP contribution < -0.4 is 5.46 Å². The summed E-state index contributed by atoms with van der Waals surface area (Å²) in [6, 6.07) is 45.8. The minimum atomic E-state index is -1.40.